The molecule has 0 fully saturated rings. The first kappa shape index (κ1) is 19.0. The lowest BCUT2D eigenvalue weighted by Gasteiger charge is -2.05. The Hall–Kier alpha value is -2.80. The Morgan fingerprint density at radius 2 is 1.96 bits per heavy atom. The highest BCUT2D eigenvalue weighted by molar-refractivity contribution is 7.99. The number of aromatic amines is 1. The number of ketones is 1. The monoisotopic (exact) mass is 383 g/mol. The molecule has 7 heteroatoms. The van der Waals surface area contributed by atoms with Gasteiger partial charge in [-0.1, -0.05) is 18.7 Å². The average molecular weight is 383 g/mol. The van der Waals surface area contributed by atoms with Gasteiger partial charge in [0, 0.05) is 23.7 Å². The summed E-state index contributed by atoms with van der Waals surface area (Å²) >= 11 is 1.36. The second kappa shape index (κ2) is 8.73. The Bertz CT molecular complexity index is 951. The number of methoxy groups -OCH3 is 1. The van der Waals surface area contributed by atoms with Crippen LogP contribution in [0.25, 0.3) is 11.0 Å². The third kappa shape index (κ3) is 4.89. The fourth-order valence-corrected chi connectivity index (χ4v) is 3.35. The predicted octanol–water partition coefficient (Wildman–Crippen LogP) is 4.29. The molecule has 0 aliphatic rings. The number of benzene rings is 2. The topological polar surface area (TPSA) is 84.1 Å². The van der Waals surface area contributed by atoms with Gasteiger partial charge < -0.3 is 15.0 Å². The molecule has 0 atom stereocenters. The van der Waals surface area contributed by atoms with Crippen molar-refractivity contribution in [1.82, 2.24) is 9.97 Å². The number of carbonyl (C=O) groups is 2. The van der Waals surface area contributed by atoms with Gasteiger partial charge in [-0.05, 0) is 42.8 Å². The molecule has 1 amide bonds. The van der Waals surface area contributed by atoms with Crippen LogP contribution in [0.5, 0.6) is 5.75 Å². The number of amides is 1. The van der Waals surface area contributed by atoms with Crippen LogP contribution in [-0.2, 0) is 4.79 Å². The van der Waals surface area contributed by atoms with Gasteiger partial charge in [-0.3, -0.25) is 9.59 Å². The van der Waals surface area contributed by atoms with Crippen molar-refractivity contribution in [3.63, 3.8) is 0 Å². The number of nitrogens with one attached hydrogen (secondary N) is 2. The third-order valence-corrected chi connectivity index (χ3v) is 4.85. The molecule has 0 unspecified atom stereocenters. The molecule has 0 saturated carbocycles. The van der Waals surface area contributed by atoms with E-state index in [9.17, 15) is 9.59 Å². The van der Waals surface area contributed by atoms with E-state index in [-0.39, 0.29) is 17.4 Å². The highest BCUT2D eigenvalue weighted by atomic mass is 32.2. The highest BCUT2D eigenvalue weighted by Gasteiger charge is 2.10. The van der Waals surface area contributed by atoms with Crippen molar-refractivity contribution in [2.75, 3.05) is 18.2 Å². The number of imidazole rings is 1. The highest BCUT2D eigenvalue weighted by Crippen LogP contribution is 2.24. The van der Waals surface area contributed by atoms with Crippen molar-refractivity contribution in [3.05, 3.63) is 48.0 Å². The second-order valence-corrected chi connectivity index (χ2v) is 6.98. The minimum atomic E-state index is -0.0198. The van der Waals surface area contributed by atoms with E-state index in [1.54, 1.807) is 31.4 Å². The van der Waals surface area contributed by atoms with Gasteiger partial charge in [-0.15, -0.1) is 0 Å². The van der Waals surface area contributed by atoms with Crippen LogP contribution in [0.1, 0.15) is 30.1 Å². The van der Waals surface area contributed by atoms with E-state index in [0.717, 1.165) is 23.2 Å². The van der Waals surface area contributed by atoms with E-state index in [1.807, 2.05) is 25.1 Å². The number of carbonyl (C=O) groups excluding carboxylic acids is 2. The van der Waals surface area contributed by atoms with Crippen molar-refractivity contribution in [1.29, 1.82) is 0 Å². The van der Waals surface area contributed by atoms with Crippen molar-refractivity contribution < 1.29 is 14.3 Å². The van der Waals surface area contributed by atoms with Crippen LogP contribution < -0.4 is 10.1 Å². The average Bonchev–Trinajstić information content (AvgIpc) is 3.08. The summed E-state index contributed by atoms with van der Waals surface area (Å²) in [5.41, 5.74) is 3.01. The van der Waals surface area contributed by atoms with Crippen LogP contribution >= 0.6 is 11.8 Å². The molecule has 2 aromatic carbocycles. The number of Topliss-reactive ketones (excluding diaryl/α,β-unsaturated/α-hetero) is 1. The number of hydrogen-bond acceptors (Lipinski definition) is 5. The fraction of sp³-hybridized carbons (Fsp3) is 0.250. The molecule has 1 aromatic heterocycles. The molecule has 1 heterocycles. The molecular formula is C20H21N3O3S. The maximum Gasteiger partial charge on any atom is 0.224 e. The number of H-pyrrole nitrogens is 1. The summed E-state index contributed by atoms with van der Waals surface area (Å²) in [7, 11) is 1.62. The maximum absolute atomic E-state index is 12.4. The Morgan fingerprint density at radius 1 is 1.19 bits per heavy atom. The number of rotatable bonds is 8. The summed E-state index contributed by atoms with van der Waals surface area (Å²) in [6.07, 6.45) is 1.29. The van der Waals surface area contributed by atoms with Crippen LogP contribution in [0.4, 0.5) is 5.69 Å². The van der Waals surface area contributed by atoms with E-state index in [1.165, 1.54) is 11.8 Å². The number of anilines is 1. The lowest BCUT2D eigenvalue weighted by Crippen LogP contribution is -2.10. The number of thioether (sulfide) groups is 1. The van der Waals surface area contributed by atoms with Crippen LogP contribution in [-0.4, -0.2) is 34.5 Å². The molecule has 27 heavy (non-hydrogen) atoms. The molecule has 0 saturated heterocycles. The van der Waals surface area contributed by atoms with Gasteiger partial charge in [-0.2, -0.15) is 0 Å². The smallest absolute Gasteiger partial charge is 0.224 e. The summed E-state index contributed by atoms with van der Waals surface area (Å²) in [5, 5.41) is 3.50. The number of nitrogens with zero attached hydrogens (tertiary/aromatic N) is 1. The molecular weight excluding hydrogens is 362 g/mol. The molecule has 0 spiro atoms. The molecule has 140 valence electrons. The molecule has 0 aliphatic carbocycles. The van der Waals surface area contributed by atoms with Gasteiger partial charge in [0.05, 0.1) is 23.9 Å². The van der Waals surface area contributed by atoms with E-state index in [0.29, 0.717) is 22.8 Å². The quantitative estimate of drug-likeness (QED) is 0.448. The first-order valence-electron chi connectivity index (χ1n) is 8.68. The molecule has 0 bridgehead atoms. The first-order chi connectivity index (χ1) is 13.1. The van der Waals surface area contributed by atoms with Gasteiger partial charge in [0.15, 0.2) is 10.9 Å². The zero-order valence-corrected chi connectivity index (χ0v) is 16.1. The number of fused-ring (bicyclic) bond motifs is 1. The first-order valence-corrected chi connectivity index (χ1v) is 9.67. The Labute approximate surface area is 161 Å². The fourth-order valence-electron chi connectivity index (χ4n) is 2.57. The summed E-state index contributed by atoms with van der Waals surface area (Å²) in [6.45, 7) is 1.96. The molecule has 2 N–H and O–H groups in total. The van der Waals surface area contributed by atoms with Crippen molar-refractivity contribution in [2.45, 2.75) is 24.9 Å². The molecule has 3 rings (SSSR count). The van der Waals surface area contributed by atoms with Gasteiger partial charge >= 0.3 is 0 Å². The van der Waals surface area contributed by atoms with Gasteiger partial charge in [0.1, 0.15) is 5.75 Å². The van der Waals surface area contributed by atoms with Crippen molar-refractivity contribution in [2.24, 2.45) is 0 Å². The third-order valence-electron chi connectivity index (χ3n) is 3.97. The van der Waals surface area contributed by atoms with E-state index in [2.05, 4.69) is 15.3 Å². The van der Waals surface area contributed by atoms with Crippen LogP contribution in [0.3, 0.4) is 0 Å². The number of ether oxygens (including phenoxy) is 1. The lowest BCUT2D eigenvalue weighted by molar-refractivity contribution is -0.116. The van der Waals surface area contributed by atoms with E-state index >= 15 is 0 Å². The van der Waals surface area contributed by atoms with Crippen molar-refractivity contribution >= 4 is 40.2 Å². The maximum atomic E-state index is 12.4. The number of aromatic nitrogens is 2. The van der Waals surface area contributed by atoms with Gasteiger partial charge in [0.2, 0.25) is 5.91 Å². The van der Waals surface area contributed by atoms with Gasteiger partial charge in [0.25, 0.3) is 0 Å². The Balaban J connectivity index is 1.59. The molecule has 0 aliphatic heterocycles. The summed E-state index contributed by atoms with van der Waals surface area (Å²) in [6, 6.07) is 12.6. The normalized spacial score (nSPS) is 10.7. The van der Waals surface area contributed by atoms with E-state index < -0.39 is 0 Å². The van der Waals surface area contributed by atoms with Crippen LogP contribution in [0.15, 0.2) is 47.6 Å². The van der Waals surface area contributed by atoms with Crippen LogP contribution in [0, 0.1) is 0 Å². The Morgan fingerprint density at radius 3 is 2.67 bits per heavy atom. The summed E-state index contributed by atoms with van der Waals surface area (Å²) in [5.74, 6) is 1.02. The lowest BCUT2D eigenvalue weighted by atomic mass is 10.1. The number of hydrogen-bond donors (Lipinski definition) is 2. The molecule has 6 nitrogen and oxygen atoms in total. The minimum absolute atomic E-state index is 0.00414. The molecule has 3 aromatic rings. The van der Waals surface area contributed by atoms with E-state index in [4.69, 9.17) is 4.74 Å². The van der Waals surface area contributed by atoms with Gasteiger partial charge in [-0.25, -0.2) is 4.98 Å². The zero-order valence-electron chi connectivity index (χ0n) is 15.2. The summed E-state index contributed by atoms with van der Waals surface area (Å²) in [4.78, 5) is 31.7. The second-order valence-electron chi connectivity index (χ2n) is 6.01. The molecule has 0 radical (unpaired) electrons. The standard InChI is InChI=1S/C20H21N3O3S/c1-3-4-19(25)21-14-7-5-13(6-8-14)18(24)12-27-20-22-16-10-9-15(26-2)11-17(16)23-20/h5-11H,3-4,12H2,1-2H3,(H,21,25)(H,22,23). The SMILES string of the molecule is CCCC(=O)Nc1ccc(C(=O)CSc2nc3ccc(OC)cc3[nH]2)cc1. The minimum Gasteiger partial charge on any atom is -0.497 e. The predicted molar refractivity (Wildman–Crippen MR) is 108 cm³/mol. The summed E-state index contributed by atoms with van der Waals surface area (Å²) < 4.78 is 5.20. The Kier molecular flexibility index (Phi) is 6.13. The zero-order chi connectivity index (χ0) is 19.2. The van der Waals surface area contributed by atoms with Crippen molar-refractivity contribution in [3.8, 4) is 5.75 Å². The largest absolute Gasteiger partial charge is 0.497 e. The van der Waals surface area contributed by atoms with Crippen LogP contribution in [0.2, 0.25) is 0 Å².